The van der Waals surface area contributed by atoms with Crippen LogP contribution in [0.1, 0.15) is 0 Å². The van der Waals surface area contributed by atoms with Crippen molar-refractivity contribution in [2.24, 2.45) is 0 Å². The molecule has 0 aromatic heterocycles. The lowest BCUT2D eigenvalue weighted by Crippen LogP contribution is -2.15. The van der Waals surface area contributed by atoms with Gasteiger partial charge in [-0.1, -0.05) is 0 Å². The van der Waals surface area contributed by atoms with Crippen LogP contribution in [0.15, 0.2) is 34.8 Å². The molecule has 0 fully saturated rings. The molecule has 0 radical (unpaired) electrons. The Kier molecular flexibility index (Phi) is 5.94. The van der Waals surface area contributed by atoms with Gasteiger partial charge in [-0.05, 0) is 12.1 Å². The maximum absolute atomic E-state index is 11.6. The first-order valence-corrected chi connectivity index (χ1v) is 5.99. The topological polar surface area (TPSA) is 111 Å². The Bertz CT molecular complexity index is 667. The first-order chi connectivity index (χ1) is 10.4. The number of carbonyl (C=O) groups is 2. The first-order valence-electron chi connectivity index (χ1n) is 5.99. The van der Waals surface area contributed by atoms with E-state index in [0.29, 0.717) is 0 Å². The van der Waals surface area contributed by atoms with Gasteiger partial charge in [-0.25, -0.2) is 9.59 Å². The van der Waals surface area contributed by atoms with Gasteiger partial charge in [-0.15, -0.1) is 0 Å². The van der Waals surface area contributed by atoms with Crippen molar-refractivity contribution in [3.05, 3.63) is 40.2 Å². The second-order valence-electron chi connectivity index (χ2n) is 3.91. The zero-order chi connectivity index (χ0) is 16.7. The SMILES string of the molecule is COC(=O)C=C(Nc1ccc(=O)c(O)c(OC)c1)C(=O)OC. The zero-order valence-corrected chi connectivity index (χ0v) is 12.2. The van der Waals surface area contributed by atoms with Crippen LogP contribution >= 0.6 is 0 Å². The fraction of sp³-hybridized carbons (Fsp3) is 0.214. The Hall–Kier alpha value is -3.03. The second kappa shape index (κ2) is 7.67. The molecule has 1 aromatic carbocycles. The number of aromatic hydroxyl groups is 1. The number of esters is 2. The maximum atomic E-state index is 11.6. The van der Waals surface area contributed by atoms with Crippen LogP contribution in [0.25, 0.3) is 0 Å². The molecule has 0 spiro atoms. The number of carbonyl (C=O) groups excluding carboxylic acids is 2. The summed E-state index contributed by atoms with van der Waals surface area (Å²) in [6.07, 6.45) is 0.892. The van der Waals surface area contributed by atoms with Gasteiger partial charge in [0.2, 0.25) is 11.2 Å². The van der Waals surface area contributed by atoms with E-state index in [1.54, 1.807) is 0 Å². The molecule has 0 atom stereocenters. The molecule has 0 amide bonds. The third kappa shape index (κ3) is 4.23. The van der Waals surface area contributed by atoms with Crippen LogP contribution in [-0.4, -0.2) is 38.4 Å². The van der Waals surface area contributed by atoms with E-state index in [1.165, 1.54) is 19.2 Å². The van der Waals surface area contributed by atoms with Crippen molar-refractivity contribution >= 4 is 17.6 Å². The van der Waals surface area contributed by atoms with Gasteiger partial charge in [0.05, 0.1) is 27.4 Å². The second-order valence-corrected chi connectivity index (χ2v) is 3.91. The average Bonchev–Trinajstić information content (AvgIpc) is 2.66. The summed E-state index contributed by atoms with van der Waals surface area (Å²) in [7, 11) is 3.56. The maximum Gasteiger partial charge on any atom is 0.354 e. The Morgan fingerprint density at radius 2 is 1.86 bits per heavy atom. The Balaban J connectivity index is 3.28. The summed E-state index contributed by atoms with van der Waals surface area (Å²) in [6.45, 7) is 0. The molecule has 22 heavy (non-hydrogen) atoms. The molecule has 0 heterocycles. The highest BCUT2D eigenvalue weighted by atomic mass is 16.5. The lowest BCUT2D eigenvalue weighted by molar-refractivity contribution is -0.138. The number of rotatable bonds is 5. The molecule has 2 N–H and O–H groups in total. The summed E-state index contributed by atoms with van der Waals surface area (Å²) in [4.78, 5) is 34.4. The van der Waals surface area contributed by atoms with E-state index in [4.69, 9.17) is 4.74 Å². The van der Waals surface area contributed by atoms with E-state index < -0.39 is 23.1 Å². The van der Waals surface area contributed by atoms with Crippen molar-refractivity contribution in [3.8, 4) is 11.5 Å². The number of anilines is 1. The van der Waals surface area contributed by atoms with Crippen molar-refractivity contribution in [3.63, 3.8) is 0 Å². The van der Waals surface area contributed by atoms with E-state index in [9.17, 15) is 19.5 Å². The number of hydrogen-bond acceptors (Lipinski definition) is 8. The molecule has 118 valence electrons. The molecule has 8 nitrogen and oxygen atoms in total. The fourth-order valence-electron chi connectivity index (χ4n) is 1.45. The van der Waals surface area contributed by atoms with Crippen molar-refractivity contribution < 1.29 is 28.9 Å². The van der Waals surface area contributed by atoms with Crippen molar-refractivity contribution in [1.82, 2.24) is 0 Å². The number of nitrogens with one attached hydrogen (secondary N) is 1. The van der Waals surface area contributed by atoms with Gasteiger partial charge in [0.15, 0.2) is 5.75 Å². The Morgan fingerprint density at radius 3 is 2.41 bits per heavy atom. The molecule has 0 saturated heterocycles. The van der Waals surface area contributed by atoms with Gasteiger partial charge < -0.3 is 24.6 Å². The largest absolute Gasteiger partial charge is 0.502 e. The molecule has 0 aliphatic rings. The number of ether oxygens (including phenoxy) is 3. The smallest absolute Gasteiger partial charge is 0.354 e. The summed E-state index contributed by atoms with van der Waals surface area (Å²) >= 11 is 0. The van der Waals surface area contributed by atoms with Crippen LogP contribution in [0, 0.1) is 0 Å². The van der Waals surface area contributed by atoms with Gasteiger partial charge in [0.25, 0.3) is 0 Å². The molecule has 8 heteroatoms. The summed E-state index contributed by atoms with van der Waals surface area (Å²) in [5.41, 5.74) is -0.661. The van der Waals surface area contributed by atoms with Crippen LogP contribution in [0.4, 0.5) is 5.69 Å². The van der Waals surface area contributed by atoms with Crippen molar-refractivity contribution in [1.29, 1.82) is 0 Å². The third-order valence-corrected chi connectivity index (χ3v) is 2.54. The van der Waals surface area contributed by atoms with Crippen LogP contribution in [0.3, 0.4) is 0 Å². The van der Waals surface area contributed by atoms with E-state index in [-0.39, 0.29) is 17.1 Å². The summed E-state index contributed by atoms with van der Waals surface area (Å²) in [5.74, 6) is -2.26. The Morgan fingerprint density at radius 1 is 1.18 bits per heavy atom. The molecule has 1 rings (SSSR count). The number of hydrogen-bond donors (Lipinski definition) is 2. The van der Waals surface area contributed by atoms with Crippen molar-refractivity contribution in [2.75, 3.05) is 26.6 Å². The monoisotopic (exact) mass is 309 g/mol. The molecule has 0 aliphatic carbocycles. The molecular weight excluding hydrogens is 294 g/mol. The minimum absolute atomic E-state index is 0.0974. The minimum Gasteiger partial charge on any atom is -0.502 e. The average molecular weight is 309 g/mol. The van der Waals surface area contributed by atoms with Crippen molar-refractivity contribution in [2.45, 2.75) is 0 Å². The molecule has 0 aliphatic heterocycles. The quantitative estimate of drug-likeness (QED) is 0.594. The highest BCUT2D eigenvalue weighted by molar-refractivity contribution is 5.98. The standard InChI is InChI=1S/C14H15NO7/c1-20-11-6-8(4-5-10(16)13(11)18)15-9(14(19)22-3)7-12(17)21-2/h4-7,15H,1-3H3,(H,16,18). The molecule has 0 bridgehead atoms. The summed E-state index contributed by atoms with van der Waals surface area (Å²) < 4.78 is 13.9. The summed E-state index contributed by atoms with van der Waals surface area (Å²) in [6, 6.07) is 3.66. The molecular formula is C14H15NO7. The predicted octanol–water partition coefficient (Wildman–Crippen LogP) is 0.403. The van der Waals surface area contributed by atoms with Crippen LogP contribution in [0.5, 0.6) is 11.5 Å². The van der Waals surface area contributed by atoms with Crippen LogP contribution in [-0.2, 0) is 19.1 Å². The van der Waals surface area contributed by atoms with Gasteiger partial charge in [0, 0.05) is 11.8 Å². The normalized spacial score (nSPS) is 10.6. The van der Waals surface area contributed by atoms with Gasteiger partial charge in [-0.2, -0.15) is 0 Å². The van der Waals surface area contributed by atoms with Gasteiger partial charge >= 0.3 is 11.9 Å². The number of methoxy groups -OCH3 is 3. The summed E-state index contributed by atoms with van der Waals surface area (Å²) in [5, 5.41) is 12.2. The third-order valence-electron chi connectivity index (χ3n) is 2.54. The van der Waals surface area contributed by atoms with E-state index >= 15 is 0 Å². The molecule has 0 saturated carbocycles. The van der Waals surface area contributed by atoms with Crippen LogP contribution < -0.4 is 15.5 Å². The van der Waals surface area contributed by atoms with E-state index in [0.717, 1.165) is 26.4 Å². The Labute approximate surface area is 125 Å². The molecule has 1 aromatic rings. The van der Waals surface area contributed by atoms with E-state index in [2.05, 4.69) is 14.8 Å². The lowest BCUT2D eigenvalue weighted by Gasteiger charge is -2.08. The lowest BCUT2D eigenvalue weighted by atomic mass is 10.3. The van der Waals surface area contributed by atoms with E-state index in [1.807, 2.05) is 0 Å². The minimum atomic E-state index is -0.817. The van der Waals surface area contributed by atoms with Gasteiger partial charge in [0.1, 0.15) is 5.70 Å². The zero-order valence-electron chi connectivity index (χ0n) is 12.2. The van der Waals surface area contributed by atoms with Gasteiger partial charge in [-0.3, -0.25) is 4.79 Å². The predicted molar refractivity (Wildman–Crippen MR) is 76.7 cm³/mol. The first kappa shape index (κ1) is 17.0. The van der Waals surface area contributed by atoms with Crippen LogP contribution in [0.2, 0.25) is 0 Å². The fourth-order valence-corrected chi connectivity index (χ4v) is 1.45. The highest BCUT2D eigenvalue weighted by Gasteiger charge is 2.14. The molecule has 0 unspecified atom stereocenters. The highest BCUT2D eigenvalue weighted by Crippen LogP contribution is 2.24.